The third-order valence-corrected chi connectivity index (χ3v) is 10.9. The molecule has 0 spiro atoms. The van der Waals surface area contributed by atoms with Crippen molar-refractivity contribution < 1.29 is 28.5 Å². The van der Waals surface area contributed by atoms with Crippen molar-refractivity contribution >= 4 is 39.8 Å². The van der Waals surface area contributed by atoms with E-state index in [-0.39, 0.29) is 11.7 Å². The zero-order chi connectivity index (χ0) is 29.0. The second-order valence-electron chi connectivity index (χ2n) is 10.1. The van der Waals surface area contributed by atoms with Gasteiger partial charge in [0, 0.05) is 46.6 Å². The molecule has 0 fully saturated rings. The first-order valence-corrected chi connectivity index (χ1v) is 16.8. The second kappa shape index (κ2) is 13.1. The monoisotopic (exact) mass is 630 g/mol. The van der Waals surface area contributed by atoms with E-state index in [2.05, 4.69) is 41.8 Å². The van der Waals surface area contributed by atoms with Crippen LogP contribution in [0, 0.1) is 0 Å². The fraction of sp³-hybridized carbons (Fsp3) is 0.265. The van der Waals surface area contributed by atoms with Crippen molar-refractivity contribution in [3.05, 3.63) is 105 Å². The molecule has 3 aromatic heterocycles. The van der Waals surface area contributed by atoms with Gasteiger partial charge in [-0.05, 0) is 47.8 Å². The van der Waals surface area contributed by atoms with E-state index in [0.29, 0.717) is 75.5 Å². The van der Waals surface area contributed by atoms with Crippen molar-refractivity contribution in [2.45, 2.75) is 5.92 Å². The van der Waals surface area contributed by atoms with Gasteiger partial charge in [0.05, 0.1) is 45.6 Å². The molecule has 0 amide bonds. The van der Waals surface area contributed by atoms with Crippen molar-refractivity contribution in [1.82, 2.24) is 0 Å². The zero-order valence-corrected chi connectivity index (χ0v) is 25.9. The van der Waals surface area contributed by atoms with Gasteiger partial charge in [0.1, 0.15) is 24.7 Å². The Bertz CT molecular complexity index is 1640. The normalized spacial score (nSPS) is 16.6. The first kappa shape index (κ1) is 28.5. The molecule has 1 aliphatic heterocycles. The van der Waals surface area contributed by atoms with Gasteiger partial charge in [-0.1, -0.05) is 30.3 Å². The first-order chi connectivity index (χ1) is 21.3. The second-order valence-corrected chi connectivity index (χ2v) is 13.2. The molecular formula is C34H30O6S3. The van der Waals surface area contributed by atoms with Crippen molar-refractivity contribution in [2.75, 3.05) is 52.9 Å². The van der Waals surface area contributed by atoms with Crippen LogP contribution in [0.15, 0.2) is 78.2 Å². The molecule has 0 saturated heterocycles. The van der Waals surface area contributed by atoms with Crippen LogP contribution >= 0.6 is 34.0 Å². The lowest BCUT2D eigenvalue weighted by molar-refractivity contribution is 0.00477. The molecule has 2 aliphatic rings. The lowest BCUT2D eigenvalue weighted by atomic mass is 9.75. The average molecular weight is 631 g/mol. The highest BCUT2D eigenvalue weighted by Gasteiger charge is 2.38. The van der Waals surface area contributed by atoms with Crippen molar-refractivity contribution in [2.24, 2.45) is 0 Å². The van der Waals surface area contributed by atoms with Gasteiger partial charge < -0.3 is 23.7 Å². The number of ketones is 1. The SMILES string of the molecule is O=C1c2cccc3c2C(c2ccc(-c4ccc(-c5cccs5)s4)s2)c2c(cccc21)OCCOCCOCCOCCO3. The third-order valence-electron chi connectivity index (χ3n) is 7.44. The molecule has 220 valence electrons. The first-order valence-electron chi connectivity index (χ1n) is 14.3. The van der Waals surface area contributed by atoms with Crippen LogP contribution in [-0.2, 0) is 14.2 Å². The zero-order valence-electron chi connectivity index (χ0n) is 23.4. The summed E-state index contributed by atoms with van der Waals surface area (Å²) in [7, 11) is 0. The van der Waals surface area contributed by atoms with Gasteiger partial charge in [-0.25, -0.2) is 0 Å². The molecule has 2 aromatic carbocycles. The Labute approximate surface area is 262 Å². The minimum Gasteiger partial charge on any atom is -0.491 e. The summed E-state index contributed by atoms with van der Waals surface area (Å²) in [5.74, 6) is 1.12. The summed E-state index contributed by atoms with van der Waals surface area (Å²) in [5.41, 5.74) is 3.06. The van der Waals surface area contributed by atoms with Crippen LogP contribution in [0.25, 0.3) is 19.5 Å². The average Bonchev–Trinajstić information content (AvgIpc) is 3.82. The van der Waals surface area contributed by atoms with E-state index in [9.17, 15) is 4.79 Å². The molecule has 0 N–H and O–H groups in total. The standard InChI is InChI=1S/C34H30O6S3/c35-34-22-4-1-6-24-31(22)33(30-12-11-29(43-30)28-10-9-27(42-28)26-8-3-21-41-26)32-23(34)5-2-7-25(32)40-20-18-38-16-14-36-13-15-37-17-19-39-24/h1-12,21,33H,13-20H2. The van der Waals surface area contributed by atoms with E-state index in [0.717, 1.165) is 16.0 Å². The quantitative estimate of drug-likeness (QED) is 0.199. The maximum atomic E-state index is 14.0. The molecule has 1 aliphatic carbocycles. The van der Waals surface area contributed by atoms with Gasteiger partial charge in [-0.2, -0.15) is 0 Å². The van der Waals surface area contributed by atoms with Gasteiger partial charge in [0.25, 0.3) is 0 Å². The number of ether oxygens (including phenoxy) is 5. The van der Waals surface area contributed by atoms with E-state index in [1.807, 2.05) is 36.4 Å². The van der Waals surface area contributed by atoms with E-state index >= 15 is 0 Å². The Balaban J connectivity index is 1.31. The molecule has 7 rings (SSSR count). The molecule has 0 saturated carbocycles. The van der Waals surface area contributed by atoms with Gasteiger partial charge in [-0.15, -0.1) is 34.0 Å². The summed E-state index contributed by atoms with van der Waals surface area (Å²) >= 11 is 5.31. The summed E-state index contributed by atoms with van der Waals surface area (Å²) in [4.78, 5) is 20.0. The van der Waals surface area contributed by atoms with E-state index < -0.39 is 0 Å². The van der Waals surface area contributed by atoms with Gasteiger partial charge >= 0.3 is 0 Å². The number of carbonyl (C=O) groups excluding carboxylic acids is 1. The van der Waals surface area contributed by atoms with Crippen molar-refractivity contribution in [1.29, 1.82) is 0 Å². The van der Waals surface area contributed by atoms with E-state index in [4.69, 9.17) is 23.7 Å². The minimum atomic E-state index is -0.236. The Morgan fingerprint density at radius 1 is 0.535 bits per heavy atom. The molecule has 0 unspecified atom stereocenters. The predicted octanol–water partition coefficient (Wildman–Crippen LogP) is 7.75. The molecule has 4 heterocycles. The molecule has 0 atom stereocenters. The van der Waals surface area contributed by atoms with Crippen molar-refractivity contribution in [3.63, 3.8) is 0 Å². The van der Waals surface area contributed by atoms with Crippen LogP contribution in [-0.4, -0.2) is 58.6 Å². The minimum absolute atomic E-state index is 0.0215. The summed E-state index contributed by atoms with van der Waals surface area (Å²) in [6.45, 7) is 3.50. The predicted molar refractivity (Wildman–Crippen MR) is 172 cm³/mol. The summed E-state index contributed by atoms with van der Waals surface area (Å²) in [6.07, 6.45) is 0. The highest BCUT2D eigenvalue weighted by atomic mass is 32.1. The van der Waals surface area contributed by atoms with Gasteiger partial charge in [0.2, 0.25) is 0 Å². The summed E-state index contributed by atoms with van der Waals surface area (Å²) in [6, 6.07) is 24.5. The third kappa shape index (κ3) is 5.93. The Kier molecular flexibility index (Phi) is 8.69. The van der Waals surface area contributed by atoms with Gasteiger partial charge in [0.15, 0.2) is 5.78 Å². The molecule has 9 heteroatoms. The van der Waals surface area contributed by atoms with Crippen molar-refractivity contribution in [3.8, 4) is 31.0 Å². The smallest absolute Gasteiger partial charge is 0.193 e. The Morgan fingerprint density at radius 2 is 1.07 bits per heavy atom. The number of hydrogen-bond donors (Lipinski definition) is 0. The number of hydrogen-bond acceptors (Lipinski definition) is 9. The number of benzene rings is 2. The van der Waals surface area contributed by atoms with E-state index in [1.165, 1.54) is 19.5 Å². The van der Waals surface area contributed by atoms with E-state index in [1.54, 1.807) is 34.0 Å². The maximum absolute atomic E-state index is 14.0. The Hall–Kier alpha value is -3.31. The molecule has 5 aromatic rings. The summed E-state index contributed by atoms with van der Waals surface area (Å²) in [5, 5.41) is 2.11. The van der Waals surface area contributed by atoms with Crippen LogP contribution in [0.3, 0.4) is 0 Å². The van der Waals surface area contributed by atoms with Gasteiger partial charge in [-0.3, -0.25) is 4.79 Å². The molecule has 6 nitrogen and oxygen atoms in total. The fourth-order valence-corrected chi connectivity index (χ4v) is 8.59. The lowest BCUT2D eigenvalue weighted by Gasteiger charge is -2.30. The molecule has 43 heavy (non-hydrogen) atoms. The van der Waals surface area contributed by atoms with Crippen LogP contribution in [0.2, 0.25) is 0 Å². The lowest BCUT2D eigenvalue weighted by Crippen LogP contribution is -2.23. The Morgan fingerprint density at radius 3 is 1.65 bits per heavy atom. The topological polar surface area (TPSA) is 63.2 Å². The maximum Gasteiger partial charge on any atom is 0.193 e. The number of thiophene rings is 3. The van der Waals surface area contributed by atoms with Crippen LogP contribution in [0.1, 0.15) is 37.8 Å². The van der Waals surface area contributed by atoms with Crippen LogP contribution in [0.4, 0.5) is 0 Å². The highest BCUT2D eigenvalue weighted by Crippen LogP contribution is 2.51. The largest absolute Gasteiger partial charge is 0.491 e. The fourth-order valence-electron chi connectivity index (χ4n) is 5.53. The highest BCUT2D eigenvalue weighted by molar-refractivity contribution is 7.26. The molecule has 2 bridgehead atoms. The van der Waals surface area contributed by atoms with Crippen LogP contribution < -0.4 is 9.47 Å². The molecular weight excluding hydrogens is 601 g/mol. The number of rotatable bonds is 3. The molecule has 0 radical (unpaired) electrons. The van der Waals surface area contributed by atoms with Crippen LogP contribution in [0.5, 0.6) is 11.5 Å². The number of carbonyl (C=O) groups is 1. The summed E-state index contributed by atoms with van der Waals surface area (Å²) < 4.78 is 29.7.